The van der Waals surface area contributed by atoms with Crippen molar-refractivity contribution in [3.8, 4) is 5.88 Å². The lowest BCUT2D eigenvalue weighted by Gasteiger charge is -2.29. The molecule has 1 aliphatic heterocycles. The Hall–Kier alpha value is -2.32. The van der Waals surface area contributed by atoms with Crippen LogP contribution >= 0.6 is 0 Å². The molecule has 1 aliphatic rings. The number of aromatic nitrogens is 4. The van der Waals surface area contributed by atoms with Crippen LogP contribution in [0.2, 0.25) is 0 Å². The second-order valence-electron chi connectivity index (χ2n) is 4.78. The Balaban J connectivity index is 1.88. The average molecular weight is 313 g/mol. The number of rotatable bonds is 3. The molecule has 2 aromatic rings. The highest BCUT2D eigenvalue weighted by Gasteiger charge is 2.39. The minimum atomic E-state index is -4.46. The molecule has 0 N–H and O–H groups in total. The van der Waals surface area contributed by atoms with Crippen molar-refractivity contribution in [1.82, 2.24) is 19.5 Å². The van der Waals surface area contributed by atoms with Gasteiger partial charge in [-0.15, -0.1) is 0 Å². The molecular weight excluding hydrogens is 299 g/mol. The first-order chi connectivity index (χ1) is 10.5. The zero-order chi connectivity index (χ0) is 15.7. The van der Waals surface area contributed by atoms with Crippen molar-refractivity contribution in [1.29, 1.82) is 0 Å². The third kappa shape index (κ3) is 2.70. The van der Waals surface area contributed by atoms with Crippen molar-refractivity contribution in [3.05, 3.63) is 30.0 Å². The molecule has 0 spiro atoms. The first-order valence-corrected chi connectivity index (χ1v) is 6.81. The number of nitrogens with zero attached hydrogens (tertiary/aromatic N) is 5. The molecule has 3 heterocycles. The fraction of sp³-hybridized carbons (Fsp3) is 0.462. The topological polar surface area (TPSA) is 56.1 Å². The maximum atomic E-state index is 13.0. The summed E-state index contributed by atoms with van der Waals surface area (Å²) in [5.41, 5.74) is -0.720. The van der Waals surface area contributed by atoms with Gasteiger partial charge in [0.05, 0.1) is 25.2 Å². The Kier molecular flexibility index (Phi) is 3.63. The minimum absolute atomic E-state index is 0.0599. The van der Waals surface area contributed by atoms with E-state index in [0.29, 0.717) is 31.5 Å². The van der Waals surface area contributed by atoms with Gasteiger partial charge in [-0.2, -0.15) is 18.2 Å². The van der Waals surface area contributed by atoms with Gasteiger partial charge in [0.25, 0.3) is 0 Å². The summed E-state index contributed by atoms with van der Waals surface area (Å²) < 4.78 is 45.7. The smallest absolute Gasteiger partial charge is 0.435 e. The van der Waals surface area contributed by atoms with Crippen LogP contribution in [0.4, 0.5) is 19.1 Å². The molecule has 0 aromatic carbocycles. The lowest BCUT2D eigenvalue weighted by Crippen LogP contribution is -2.35. The fourth-order valence-electron chi connectivity index (χ4n) is 2.37. The first-order valence-electron chi connectivity index (χ1n) is 6.81. The summed E-state index contributed by atoms with van der Waals surface area (Å²) in [6, 6.07) is 1.61. The number of fused-ring (bicyclic) bond motifs is 1. The number of alkyl halides is 3. The summed E-state index contributed by atoms with van der Waals surface area (Å²) in [6.45, 7) is 3.26. The van der Waals surface area contributed by atoms with E-state index < -0.39 is 11.9 Å². The van der Waals surface area contributed by atoms with Crippen LogP contribution in [0.5, 0.6) is 5.88 Å². The van der Waals surface area contributed by atoms with Crippen molar-refractivity contribution in [2.24, 2.45) is 0 Å². The number of ether oxygens (including phenoxy) is 1. The SMILES string of the molecule is CCOc1ccnc(N2CCn3cnc(C(F)(F)F)c3C2)n1. The zero-order valence-corrected chi connectivity index (χ0v) is 11.8. The Bertz CT molecular complexity index is 670. The quantitative estimate of drug-likeness (QED) is 0.869. The Labute approximate surface area is 124 Å². The van der Waals surface area contributed by atoms with E-state index in [-0.39, 0.29) is 12.2 Å². The number of anilines is 1. The van der Waals surface area contributed by atoms with E-state index in [9.17, 15) is 13.2 Å². The molecule has 6 nitrogen and oxygen atoms in total. The van der Waals surface area contributed by atoms with Gasteiger partial charge in [0, 0.05) is 25.4 Å². The van der Waals surface area contributed by atoms with Gasteiger partial charge in [0.2, 0.25) is 11.8 Å². The summed E-state index contributed by atoms with van der Waals surface area (Å²) in [6.07, 6.45) is -1.70. The Morgan fingerprint density at radius 1 is 1.27 bits per heavy atom. The van der Waals surface area contributed by atoms with E-state index >= 15 is 0 Å². The molecule has 22 heavy (non-hydrogen) atoms. The van der Waals surface area contributed by atoms with E-state index in [1.54, 1.807) is 11.0 Å². The van der Waals surface area contributed by atoms with Gasteiger partial charge in [-0.3, -0.25) is 0 Å². The molecule has 0 fully saturated rings. The summed E-state index contributed by atoms with van der Waals surface area (Å²) >= 11 is 0. The van der Waals surface area contributed by atoms with Crippen LogP contribution in [-0.4, -0.2) is 32.7 Å². The standard InChI is InChI=1S/C13H14F3N5O/c1-2-22-10-3-4-17-12(19-10)20-5-6-21-8-18-11(9(21)7-20)13(14,15)16/h3-4,8H,2,5-7H2,1H3. The molecule has 0 aliphatic carbocycles. The van der Waals surface area contributed by atoms with Crippen molar-refractivity contribution in [2.45, 2.75) is 26.2 Å². The third-order valence-corrected chi connectivity index (χ3v) is 3.36. The predicted octanol–water partition coefficient (Wildman–Crippen LogP) is 2.11. The number of hydrogen-bond acceptors (Lipinski definition) is 5. The predicted molar refractivity (Wildman–Crippen MR) is 71.5 cm³/mol. The molecule has 0 bridgehead atoms. The molecule has 9 heteroatoms. The second-order valence-corrected chi connectivity index (χ2v) is 4.78. The van der Waals surface area contributed by atoms with Gasteiger partial charge >= 0.3 is 6.18 Å². The highest BCUT2D eigenvalue weighted by atomic mass is 19.4. The van der Waals surface area contributed by atoms with Crippen LogP contribution in [0.1, 0.15) is 18.3 Å². The van der Waals surface area contributed by atoms with Crippen molar-refractivity contribution in [2.75, 3.05) is 18.1 Å². The first kappa shape index (κ1) is 14.6. The highest BCUT2D eigenvalue weighted by Crippen LogP contribution is 2.33. The van der Waals surface area contributed by atoms with E-state index in [4.69, 9.17) is 4.74 Å². The van der Waals surface area contributed by atoms with Gasteiger partial charge in [-0.25, -0.2) is 9.97 Å². The summed E-state index contributed by atoms with van der Waals surface area (Å²) in [5.74, 6) is 0.758. The molecule has 0 saturated heterocycles. The van der Waals surface area contributed by atoms with Crippen LogP contribution in [0.25, 0.3) is 0 Å². The van der Waals surface area contributed by atoms with Crippen molar-refractivity contribution in [3.63, 3.8) is 0 Å². The van der Waals surface area contributed by atoms with Gasteiger partial charge in [0.1, 0.15) is 0 Å². The molecule has 0 radical (unpaired) electrons. The molecule has 118 valence electrons. The molecule has 3 rings (SSSR count). The minimum Gasteiger partial charge on any atom is -0.478 e. The maximum absolute atomic E-state index is 13.0. The molecule has 0 saturated carbocycles. The molecule has 0 unspecified atom stereocenters. The maximum Gasteiger partial charge on any atom is 0.435 e. The average Bonchev–Trinajstić information content (AvgIpc) is 2.91. The largest absolute Gasteiger partial charge is 0.478 e. The number of hydrogen-bond donors (Lipinski definition) is 0. The molecule has 0 atom stereocenters. The number of imidazole rings is 1. The van der Waals surface area contributed by atoms with E-state index in [1.165, 1.54) is 17.1 Å². The lowest BCUT2D eigenvalue weighted by atomic mass is 10.2. The summed E-state index contributed by atoms with van der Waals surface area (Å²) in [4.78, 5) is 13.5. The van der Waals surface area contributed by atoms with Gasteiger partial charge in [0.15, 0.2) is 5.69 Å². The van der Waals surface area contributed by atoms with Crippen LogP contribution in [0.3, 0.4) is 0 Å². The molecule has 0 amide bonds. The van der Waals surface area contributed by atoms with Gasteiger partial charge in [-0.1, -0.05) is 0 Å². The summed E-state index contributed by atoms with van der Waals surface area (Å²) in [7, 11) is 0. The molecular formula is C13H14F3N5O. The lowest BCUT2D eigenvalue weighted by molar-refractivity contribution is -0.141. The van der Waals surface area contributed by atoms with Crippen molar-refractivity contribution < 1.29 is 17.9 Å². The van der Waals surface area contributed by atoms with Crippen LogP contribution in [-0.2, 0) is 19.3 Å². The third-order valence-electron chi connectivity index (χ3n) is 3.36. The van der Waals surface area contributed by atoms with Crippen LogP contribution in [0, 0.1) is 0 Å². The second kappa shape index (κ2) is 5.47. The highest BCUT2D eigenvalue weighted by molar-refractivity contribution is 5.35. The van der Waals surface area contributed by atoms with E-state index in [1.807, 2.05) is 6.92 Å². The molecule has 2 aromatic heterocycles. The van der Waals surface area contributed by atoms with Gasteiger partial charge in [-0.05, 0) is 6.92 Å². The Morgan fingerprint density at radius 3 is 2.82 bits per heavy atom. The van der Waals surface area contributed by atoms with E-state index in [2.05, 4.69) is 15.0 Å². The van der Waals surface area contributed by atoms with Gasteiger partial charge < -0.3 is 14.2 Å². The monoisotopic (exact) mass is 313 g/mol. The normalized spacial score (nSPS) is 14.8. The number of halogens is 3. The summed E-state index contributed by atoms with van der Waals surface area (Å²) in [5, 5.41) is 0. The Morgan fingerprint density at radius 2 is 2.09 bits per heavy atom. The van der Waals surface area contributed by atoms with E-state index in [0.717, 1.165) is 0 Å². The zero-order valence-electron chi connectivity index (χ0n) is 11.8. The van der Waals surface area contributed by atoms with Crippen molar-refractivity contribution >= 4 is 5.95 Å². The fourth-order valence-corrected chi connectivity index (χ4v) is 2.37. The van der Waals surface area contributed by atoms with Crippen LogP contribution < -0.4 is 9.64 Å². The van der Waals surface area contributed by atoms with Crippen LogP contribution in [0.15, 0.2) is 18.6 Å².